The fourth-order valence-corrected chi connectivity index (χ4v) is 1.80. The maximum absolute atomic E-state index is 11.9. The van der Waals surface area contributed by atoms with Crippen LogP contribution in [0.25, 0.3) is 0 Å². The smallest absolute Gasteiger partial charge is 0.244 e. The molecule has 5 heteroatoms. The van der Waals surface area contributed by atoms with Crippen LogP contribution < -0.4 is 0 Å². The number of halogens is 1. The van der Waals surface area contributed by atoms with Gasteiger partial charge in [-0.1, -0.05) is 13.3 Å². The van der Waals surface area contributed by atoms with E-state index in [0.29, 0.717) is 6.54 Å². The van der Waals surface area contributed by atoms with Gasteiger partial charge in [0, 0.05) is 19.3 Å². The molecule has 90 valence electrons. The summed E-state index contributed by atoms with van der Waals surface area (Å²) in [6.07, 6.45) is 5.67. The molecule has 0 spiro atoms. The van der Waals surface area contributed by atoms with Gasteiger partial charge in [-0.05, 0) is 29.3 Å². The molecule has 0 saturated heterocycles. The number of aromatic nitrogens is 2. The Kier molecular flexibility index (Phi) is 5.52. The third-order valence-electron chi connectivity index (χ3n) is 2.42. The topological polar surface area (TPSA) is 38.1 Å². The number of likely N-dealkylation sites (N-methyl/N-ethyl adjacent to an activating group) is 1. The van der Waals surface area contributed by atoms with Gasteiger partial charge in [0.05, 0.1) is 10.7 Å². The average Bonchev–Trinajstić information content (AvgIpc) is 2.65. The van der Waals surface area contributed by atoms with Crippen LogP contribution in [0.5, 0.6) is 0 Å². The predicted octanol–water partition coefficient (Wildman–Crippen LogP) is 2.29. The lowest BCUT2D eigenvalue weighted by Gasteiger charge is -2.20. The van der Waals surface area contributed by atoms with Gasteiger partial charge < -0.3 is 4.90 Å². The molecule has 0 aliphatic heterocycles. The highest BCUT2D eigenvalue weighted by Gasteiger charge is 2.11. The molecular formula is C11H18BrN3O. The first kappa shape index (κ1) is 13.2. The fraction of sp³-hybridized carbons (Fsp3) is 0.636. The van der Waals surface area contributed by atoms with E-state index in [1.165, 1.54) is 0 Å². The van der Waals surface area contributed by atoms with E-state index in [9.17, 15) is 4.79 Å². The van der Waals surface area contributed by atoms with Gasteiger partial charge in [0.25, 0.3) is 0 Å². The molecule has 1 aromatic heterocycles. The van der Waals surface area contributed by atoms with E-state index in [4.69, 9.17) is 0 Å². The molecule has 0 aromatic carbocycles. The fourth-order valence-electron chi connectivity index (χ4n) is 1.47. The van der Waals surface area contributed by atoms with Crippen molar-refractivity contribution in [2.24, 2.45) is 0 Å². The van der Waals surface area contributed by atoms with E-state index in [-0.39, 0.29) is 5.91 Å². The van der Waals surface area contributed by atoms with Gasteiger partial charge >= 0.3 is 0 Å². The van der Waals surface area contributed by atoms with E-state index in [1.807, 2.05) is 18.0 Å². The largest absolute Gasteiger partial charge is 0.341 e. The lowest BCUT2D eigenvalue weighted by molar-refractivity contribution is -0.131. The van der Waals surface area contributed by atoms with Gasteiger partial charge in [0.1, 0.15) is 6.54 Å². The number of nitrogens with zero attached hydrogens (tertiary/aromatic N) is 3. The Bertz CT molecular complexity index is 338. The Balaban J connectivity index is 2.49. The number of carbonyl (C=O) groups excluding carboxylic acids is 1. The summed E-state index contributed by atoms with van der Waals surface area (Å²) in [7, 11) is 0. The quantitative estimate of drug-likeness (QED) is 0.805. The van der Waals surface area contributed by atoms with Crippen LogP contribution in [0.15, 0.2) is 16.9 Å². The van der Waals surface area contributed by atoms with Gasteiger partial charge in [-0.25, -0.2) is 0 Å². The lowest BCUT2D eigenvalue weighted by atomic mass is 10.3. The van der Waals surface area contributed by atoms with Crippen LogP contribution in [-0.4, -0.2) is 33.7 Å². The van der Waals surface area contributed by atoms with E-state index in [1.54, 1.807) is 10.9 Å². The molecular weight excluding hydrogens is 270 g/mol. The first-order valence-corrected chi connectivity index (χ1v) is 6.42. The minimum Gasteiger partial charge on any atom is -0.341 e. The van der Waals surface area contributed by atoms with Crippen molar-refractivity contribution in [1.82, 2.24) is 14.7 Å². The highest BCUT2D eigenvalue weighted by Crippen LogP contribution is 2.06. The first-order valence-electron chi connectivity index (χ1n) is 5.63. The number of hydrogen-bond acceptors (Lipinski definition) is 2. The van der Waals surface area contributed by atoms with Crippen molar-refractivity contribution in [3.63, 3.8) is 0 Å². The molecule has 0 atom stereocenters. The second-order valence-electron chi connectivity index (χ2n) is 3.68. The molecule has 0 radical (unpaired) electrons. The Hall–Kier alpha value is -0.840. The summed E-state index contributed by atoms with van der Waals surface area (Å²) in [5.41, 5.74) is 0. The minimum absolute atomic E-state index is 0.131. The Morgan fingerprint density at radius 3 is 2.81 bits per heavy atom. The molecule has 0 fully saturated rings. The predicted molar refractivity (Wildman–Crippen MR) is 67.1 cm³/mol. The maximum atomic E-state index is 11.9. The van der Waals surface area contributed by atoms with Gasteiger partial charge in [-0.2, -0.15) is 5.10 Å². The highest BCUT2D eigenvalue weighted by molar-refractivity contribution is 9.10. The third kappa shape index (κ3) is 3.96. The van der Waals surface area contributed by atoms with Crippen LogP contribution in [0.2, 0.25) is 0 Å². The Labute approximate surface area is 105 Å². The molecule has 0 unspecified atom stereocenters. The van der Waals surface area contributed by atoms with Crippen molar-refractivity contribution in [3.8, 4) is 0 Å². The molecule has 1 aromatic rings. The minimum atomic E-state index is 0.131. The molecule has 0 aliphatic rings. The second-order valence-corrected chi connectivity index (χ2v) is 4.60. The standard InChI is InChI=1S/C11H18BrN3O/c1-3-5-6-14(4-2)11(16)9-15-8-10(12)7-13-15/h7-8H,3-6,9H2,1-2H3. The number of rotatable bonds is 6. The number of carbonyl (C=O) groups is 1. The van der Waals surface area contributed by atoms with Crippen LogP contribution in [0.4, 0.5) is 0 Å². The summed E-state index contributed by atoms with van der Waals surface area (Å²) in [4.78, 5) is 13.8. The van der Waals surface area contributed by atoms with Gasteiger partial charge in [-0.15, -0.1) is 0 Å². The van der Waals surface area contributed by atoms with E-state index >= 15 is 0 Å². The first-order chi connectivity index (χ1) is 7.67. The van der Waals surface area contributed by atoms with Crippen molar-refractivity contribution in [3.05, 3.63) is 16.9 Å². The van der Waals surface area contributed by atoms with Crippen molar-refractivity contribution in [2.45, 2.75) is 33.2 Å². The molecule has 1 rings (SSSR count). The summed E-state index contributed by atoms with van der Waals surface area (Å²) in [5, 5.41) is 4.08. The third-order valence-corrected chi connectivity index (χ3v) is 2.82. The zero-order chi connectivity index (χ0) is 12.0. The Morgan fingerprint density at radius 1 is 1.56 bits per heavy atom. The normalized spacial score (nSPS) is 10.4. The number of hydrogen-bond donors (Lipinski definition) is 0. The van der Waals surface area contributed by atoms with Gasteiger partial charge in [0.15, 0.2) is 0 Å². The molecule has 1 heterocycles. The molecule has 0 bridgehead atoms. The molecule has 0 aliphatic carbocycles. The van der Waals surface area contributed by atoms with Crippen molar-refractivity contribution in [2.75, 3.05) is 13.1 Å². The van der Waals surface area contributed by atoms with E-state index in [0.717, 1.165) is 30.4 Å². The zero-order valence-corrected chi connectivity index (χ0v) is 11.4. The monoisotopic (exact) mass is 287 g/mol. The van der Waals surface area contributed by atoms with Gasteiger partial charge in [0.2, 0.25) is 5.91 Å². The summed E-state index contributed by atoms with van der Waals surface area (Å²) in [5.74, 6) is 0.131. The highest BCUT2D eigenvalue weighted by atomic mass is 79.9. The summed E-state index contributed by atoms with van der Waals surface area (Å²) < 4.78 is 2.55. The number of unbranched alkanes of at least 4 members (excludes halogenated alkanes) is 1. The SMILES string of the molecule is CCCCN(CC)C(=O)Cn1cc(Br)cn1. The van der Waals surface area contributed by atoms with Crippen molar-refractivity contribution < 1.29 is 4.79 Å². The van der Waals surface area contributed by atoms with Crippen LogP contribution in [0.1, 0.15) is 26.7 Å². The molecule has 16 heavy (non-hydrogen) atoms. The van der Waals surface area contributed by atoms with Crippen LogP contribution in [-0.2, 0) is 11.3 Å². The second kappa shape index (κ2) is 6.68. The van der Waals surface area contributed by atoms with Crippen molar-refractivity contribution in [1.29, 1.82) is 0 Å². The van der Waals surface area contributed by atoms with Crippen molar-refractivity contribution >= 4 is 21.8 Å². The molecule has 0 N–H and O–H groups in total. The van der Waals surface area contributed by atoms with Gasteiger partial charge in [-0.3, -0.25) is 9.48 Å². The summed E-state index contributed by atoms with van der Waals surface area (Å²) in [6, 6.07) is 0. The van der Waals surface area contributed by atoms with Crippen LogP contribution in [0, 0.1) is 0 Å². The molecule has 0 saturated carbocycles. The van der Waals surface area contributed by atoms with E-state index in [2.05, 4.69) is 28.0 Å². The average molecular weight is 288 g/mol. The summed E-state index contributed by atoms with van der Waals surface area (Å²) in [6.45, 7) is 6.06. The molecule has 4 nitrogen and oxygen atoms in total. The lowest BCUT2D eigenvalue weighted by Crippen LogP contribution is -2.34. The Morgan fingerprint density at radius 2 is 2.31 bits per heavy atom. The van der Waals surface area contributed by atoms with Crippen LogP contribution >= 0.6 is 15.9 Å². The maximum Gasteiger partial charge on any atom is 0.244 e. The zero-order valence-electron chi connectivity index (χ0n) is 9.82. The van der Waals surface area contributed by atoms with E-state index < -0.39 is 0 Å². The number of amides is 1. The van der Waals surface area contributed by atoms with Crippen LogP contribution in [0.3, 0.4) is 0 Å². The molecule has 1 amide bonds. The summed E-state index contributed by atoms with van der Waals surface area (Å²) >= 11 is 3.31.